The number of esters is 1. The fraction of sp³-hybridized carbons (Fsp3) is 0.300. The van der Waals surface area contributed by atoms with E-state index in [2.05, 4.69) is 0 Å². The second kappa shape index (κ2) is 7.62. The van der Waals surface area contributed by atoms with E-state index in [1.807, 2.05) is 42.5 Å². The van der Waals surface area contributed by atoms with Crippen molar-refractivity contribution in [3.05, 3.63) is 60.2 Å². The fourth-order valence-corrected chi connectivity index (χ4v) is 3.90. The van der Waals surface area contributed by atoms with Crippen LogP contribution in [0.3, 0.4) is 0 Å². The van der Waals surface area contributed by atoms with Gasteiger partial charge in [0.1, 0.15) is 11.7 Å². The molecule has 2 aromatic carbocycles. The Labute approximate surface area is 158 Å². The van der Waals surface area contributed by atoms with Crippen molar-refractivity contribution in [1.29, 1.82) is 5.41 Å². The molecule has 0 bridgehead atoms. The van der Waals surface area contributed by atoms with Gasteiger partial charge in [0, 0.05) is 6.42 Å². The molecule has 142 valence electrons. The third kappa shape index (κ3) is 4.81. The highest BCUT2D eigenvalue weighted by Gasteiger charge is 2.60. The summed E-state index contributed by atoms with van der Waals surface area (Å²) in [6.45, 7) is 0. The summed E-state index contributed by atoms with van der Waals surface area (Å²) in [6, 6.07) is 16.8. The molecule has 0 radical (unpaired) electrons. The summed E-state index contributed by atoms with van der Waals surface area (Å²) in [5.74, 6) is -0.520. The molecule has 0 saturated heterocycles. The standard InChI is InChI=1S/C20H21NO5S/c1-27(23,24)26-20(12-5-13-21)14-18(20)25-19(22)17-10-8-16(9-11-17)15-6-3-2-4-7-15/h2-4,6-11,13,18,21H,5,12,14H2,1H3. The summed E-state index contributed by atoms with van der Waals surface area (Å²) < 4.78 is 33.6. The largest absolute Gasteiger partial charge is 0.456 e. The van der Waals surface area contributed by atoms with Crippen LogP contribution < -0.4 is 0 Å². The molecule has 0 heterocycles. The zero-order valence-electron chi connectivity index (χ0n) is 14.9. The highest BCUT2D eigenvalue weighted by atomic mass is 32.2. The average Bonchev–Trinajstić information content (AvgIpc) is 3.30. The Morgan fingerprint density at radius 1 is 1.15 bits per heavy atom. The molecule has 2 atom stereocenters. The Morgan fingerprint density at radius 3 is 2.37 bits per heavy atom. The summed E-state index contributed by atoms with van der Waals surface area (Å²) in [5.41, 5.74) is 1.37. The maximum Gasteiger partial charge on any atom is 0.338 e. The quantitative estimate of drug-likeness (QED) is 0.425. The van der Waals surface area contributed by atoms with Gasteiger partial charge in [0.15, 0.2) is 0 Å². The minimum absolute atomic E-state index is 0.307. The van der Waals surface area contributed by atoms with Gasteiger partial charge in [0.2, 0.25) is 0 Å². The first-order valence-corrected chi connectivity index (χ1v) is 10.4. The molecule has 0 amide bonds. The number of carbonyl (C=O) groups is 1. The van der Waals surface area contributed by atoms with Gasteiger partial charge < -0.3 is 10.1 Å². The van der Waals surface area contributed by atoms with Crippen LogP contribution in [0, 0.1) is 5.41 Å². The molecule has 0 spiro atoms. The number of benzene rings is 2. The van der Waals surface area contributed by atoms with Crippen LogP contribution in [0.4, 0.5) is 0 Å². The van der Waals surface area contributed by atoms with E-state index in [4.69, 9.17) is 14.3 Å². The molecule has 2 aromatic rings. The molecule has 3 rings (SSSR count). The maximum absolute atomic E-state index is 12.4. The van der Waals surface area contributed by atoms with Gasteiger partial charge in [-0.05, 0) is 42.3 Å². The molecule has 0 aliphatic heterocycles. The highest BCUT2D eigenvalue weighted by Crippen LogP contribution is 2.47. The van der Waals surface area contributed by atoms with Gasteiger partial charge in [-0.25, -0.2) is 4.79 Å². The first-order valence-electron chi connectivity index (χ1n) is 8.59. The molecule has 1 fully saturated rings. The molecule has 0 aromatic heterocycles. The van der Waals surface area contributed by atoms with E-state index >= 15 is 0 Å². The Bertz CT molecular complexity index is 925. The zero-order chi connectivity index (χ0) is 19.5. The topological polar surface area (TPSA) is 93.5 Å². The van der Waals surface area contributed by atoms with Crippen molar-refractivity contribution in [2.75, 3.05) is 6.26 Å². The van der Waals surface area contributed by atoms with E-state index in [-0.39, 0.29) is 0 Å². The maximum atomic E-state index is 12.4. The first kappa shape index (κ1) is 19.3. The van der Waals surface area contributed by atoms with E-state index < -0.39 is 27.8 Å². The molecule has 6 nitrogen and oxygen atoms in total. The van der Waals surface area contributed by atoms with Crippen molar-refractivity contribution in [2.45, 2.75) is 31.0 Å². The predicted octanol–water partition coefficient (Wildman–Crippen LogP) is 3.43. The smallest absolute Gasteiger partial charge is 0.338 e. The second-order valence-electron chi connectivity index (χ2n) is 6.64. The number of rotatable bonds is 8. The van der Waals surface area contributed by atoms with E-state index in [1.54, 1.807) is 12.1 Å². The number of nitrogens with one attached hydrogen (secondary N) is 1. The van der Waals surface area contributed by atoms with Crippen molar-refractivity contribution < 1.29 is 22.1 Å². The summed E-state index contributed by atoms with van der Waals surface area (Å²) in [7, 11) is -3.69. The van der Waals surface area contributed by atoms with Crippen LogP contribution in [-0.2, 0) is 19.0 Å². The number of carbonyl (C=O) groups excluding carboxylic acids is 1. The van der Waals surface area contributed by atoms with E-state index in [0.717, 1.165) is 17.4 Å². The van der Waals surface area contributed by atoms with Gasteiger partial charge in [-0.2, -0.15) is 8.42 Å². The summed E-state index contributed by atoms with van der Waals surface area (Å²) in [5, 5.41) is 7.14. The molecule has 27 heavy (non-hydrogen) atoms. The predicted molar refractivity (Wildman–Crippen MR) is 102 cm³/mol. The Hall–Kier alpha value is -2.51. The van der Waals surface area contributed by atoms with Gasteiger partial charge in [-0.1, -0.05) is 42.5 Å². The fourth-order valence-electron chi connectivity index (χ4n) is 3.04. The van der Waals surface area contributed by atoms with E-state index in [0.29, 0.717) is 24.8 Å². The minimum atomic E-state index is -3.69. The molecule has 7 heteroatoms. The van der Waals surface area contributed by atoms with E-state index in [1.165, 1.54) is 6.21 Å². The van der Waals surface area contributed by atoms with E-state index in [9.17, 15) is 13.2 Å². The van der Waals surface area contributed by atoms with Crippen LogP contribution in [0.2, 0.25) is 0 Å². The molecule has 1 saturated carbocycles. The minimum Gasteiger partial charge on any atom is -0.456 e. The molecular weight excluding hydrogens is 366 g/mol. The second-order valence-corrected chi connectivity index (χ2v) is 8.21. The van der Waals surface area contributed by atoms with Crippen molar-refractivity contribution >= 4 is 22.3 Å². The van der Waals surface area contributed by atoms with Gasteiger partial charge in [0.05, 0.1) is 11.8 Å². The van der Waals surface area contributed by atoms with Crippen molar-refractivity contribution in [3.8, 4) is 11.1 Å². The Balaban J connectivity index is 1.67. The van der Waals surface area contributed by atoms with Crippen LogP contribution in [0.15, 0.2) is 54.6 Å². The lowest BCUT2D eigenvalue weighted by atomic mass is 10.0. The SMILES string of the molecule is CS(=O)(=O)OC1(CCC=N)CC1OC(=O)c1ccc(-c2ccccc2)cc1. The first-order chi connectivity index (χ1) is 12.8. The lowest BCUT2D eigenvalue weighted by Crippen LogP contribution is -2.26. The number of ether oxygens (including phenoxy) is 1. The van der Waals surface area contributed by atoms with Crippen LogP contribution in [0.1, 0.15) is 29.6 Å². The van der Waals surface area contributed by atoms with Gasteiger partial charge in [0.25, 0.3) is 10.1 Å². The number of hydrogen-bond donors (Lipinski definition) is 1. The van der Waals surface area contributed by atoms with Crippen LogP contribution >= 0.6 is 0 Å². The molecule has 1 aliphatic rings. The van der Waals surface area contributed by atoms with Crippen LogP contribution in [0.5, 0.6) is 0 Å². The lowest BCUT2D eigenvalue weighted by Gasteiger charge is -2.15. The molecule has 1 aliphatic carbocycles. The molecule has 1 N–H and O–H groups in total. The summed E-state index contributed by atoms with van der Waals surface area (Å²) in [4.78, 5) is 12.4. The van der Waals surface area contributed by atoms with Gasteiger partial charge in [-0.15, -0.1) is 0 Å². The third-order valence-corrected chi connectivity index (χ3v) is 5.10. The summed E-state index contributed by atoms with van der Waals surface area (Å²) >= 11 is 0. The number of hydrogen-bond acceptors (Lipinski definition) is 6. The third-order valence-electron chi connectivity index (χ3n) is 4.46. The summed E-state index contributed by atoms with van der Waals surface area (Å²) in [6.07, 6.45) is 2.50. The van der Waals surface area contributed by atoms with Gasteiger partial charge >= 0.3 is 5.97 Å². The van der Waals surface area contributed by atoms with Crippen molar-refractivity contribution in [3.63, 3.8) is 0 Å². The zero-order valence-corrected chi connectivity index (χ0v) is 15.7. The normalized spacial score (nSPS) is 21.4. The molecule has 2 unspecified atom stereocenters. The highest BCUT2D eigenvalue weighted by molar-refractivity contribution is 7.86. The Morgan fingerprint density at radius 2 is 1.78 bits per heavy atom. The average molecular weight is 387 g/mol. The van der Waals surface area contributed by atoms with Crippen molar-refractivity contribution in [1.82, 2.24) is 0 Å². The van der Waals surface area contributed by atoms with Crippen LogP contribution in [0.25, 0.3) is 11.1 Å². The lowest BCUT2D eigenvalue weighted by molar-refractivity contribution is 0.0299. The van der Waals surface area contributed by atoms with Crippen LogP contribution in [-0.4, -0.2) is 38.6 Å². The Kier molecular flexibility index (Phi) is 5.43. The monoisotopic (exact) mass is 387 g/mol. The van der Waals surface area contributed by atoms with Crippen molar-refractivity contribution in [2.24, 2.45) is 0 Å². The van der Waals surface area contributed by atoms with Gasteiger partial charge in [-0.3, -0.25) is 4.18 Å². The molecular formula is C20H21NO5S.